The summed E-state index contributed by atoms with van der Waals surface area (Å²) >= 11 is 0. The van der Waals surface area contributed by atoms with Crippen molar-refractivity contribution >= 4 is 11.4 Å². The van der Waals surface area contributed by atoms with Gasteiger partial charge in [0.25, 0.3) is 5.69 Å². The van der Waals surface area contributed by atoms with Crippen LogP contribution in [0.5, 0.6) is 0 Å². The van der Waals surface area contributed by atoms with Gasteiger partial charge in [-0.15, -0.1) is 0 Å². The molecule has 0 aliphatic carbocycles. The van der Waals surface area contributed by atoms with Crippen molar-refractivity contribution in [3.8, 4) is 0 Å². The number of non-ortho nitro benzene ring substituents is 1. The summed E-state index contributed by atoms with van der Waals surface area (Å²) in [5, 5.41) is 22.3. The van der Waals surface area contributed by atoms with Crippen LogP contribution in [0, 0.1) is 17.0 Å². The number of nitro groups is 1. The van der Waals surface area contributed by atoms with Crippen molar-refractivity contribution in [3.63, 3.8) is 0 Å². The summed E-state index contributed by atoms with van der Waals surface area (Å²) in [7, 11) is 0. The number of hydrogen-bond acceptors (Lipinski definition) is 4. The lowest BCUT2D eigenvalue weighted by Crippen LogP contribution is -2.14. The summed E-state index contributed by atoms with van der Waals surface area (Å²) in [5.74, 6) is 0. The third-order valence-corrected chi connectivity index (χ3v) is 1.79. The summed E-state index contributed by atoms with van der Waals surface area (Å²) in [5.41, 5.74) is 1.49. The Morgan fingerprint density at radius 3 is 2.64 bits per heavy atom. The standard InChI is InChI=1S/C9H12N2O3/c1-6-5-8(11(13)14)3-4-9(6)10-7(2)12/h3-5,7,10,12H,1-2H3. The van der Waals surface area contributed by atoms with E-state index in [1.54, 1.807) is 19.9 Å². The first-order valence-electron chi connectivity index (χ1n) is 4.20. The highest BCUT2D eigenvalue weighted by Crippen LogP contribution is 2.21. The molecule has 0 heterocycles. The van der Waals surface area contributed by atoms with Crippen molar-refractivity contribution in [3.05, 3.63) is 33.9 Å². The molecule has 0 spiro atoms. The van der Waals surface area contributed by atoms with Crippen molar-refractivity contribution in [1.82, 2.24) is 0 Å². The van der Waals surface area contributed by atoms with Gasteiger partial charge in [0.15, 0.2) is 0 Å². The predicted molar refractivity (Wildman–Crippen MR) is 53.1 cm³/mol. The number of anilines is 1. The first kappa shape index (κ1) is 10.5. The number of hydrogen-bond donors (Lipinski definition) is 2. The van der Waals surface area contributed by atoms with Gasteiger partial charge in [-0.25, -0.2) is 0 Å². The Morgan fingerprint density at radius 2 is 2.21 bits per heavy atom. The predicted octanol–water partition coefficient (Wildman–Crippen LogP) is 1.65. The molecule has 1 aromatic rings. The highest BCUT2D eigenvalue weighted by atomic mass is 16.6. The first-order chi connectivity index (χ1) is 6.50. The Morgan fingerprint density at radius 1 is 1.57 bits per heavy atom. The molecule has 5 heteroatoms. The van der Waals surface area contributed by atoms with Crippen molar-refractivity contribution < 1.29 is 10.0 Å². The molecule has 0 aliphatic rings. The maximum Gasteiger partial charge on any atom is 0.269 e. The number of aliphatic hydroxyl groups excluding tert-OH is 1. The van der Waals surface area contributed by atoms with Crippen LogP contribution in [0.25, 0.3) is 0 Å². The number of nitro benzene ring substituents is 1. The second-order valence-corrected chi connectivity index (χ2v) is 3.08. The van der Waals surface area contributed by atoms with Gasteiger partial charge in [-0.1, -0.05) is 0 Å². The van der Waals surface area contributed by atoms with Gasteiger partial charge in [0.2, 0.25) is 0 Å². The van der Waals surface area contributed by atoms with Gasteiger partial charge in [-0.2, -0.15) is 0 Å². The minimum Gasteiger partial charge on any atom is -0.374 e. The molecule has 76 valence electrons. The Bertz CT molecular complexity index is 350. The molecule has 1 rings (SSSR count). The lowest BCUT2D eigenvalue weighted by molar-refractivity contribution is -0.384. The smallest absolute Gasteiger partial charge is 0.269 e. The van der Waals surface area contributed by atoms with Crippen LogP contribution in [0.3, 0.4) is 0 Å². The van der Waals surface area contributed by atoms with Crippen LogP contribution in [0.4, 0.5) is 11.4 Å². The van der Waals surface area contributed by atoms with Gasteiger partial charge < -0.3 is 10.4 Å². The molecular weight excluding hydrogens is 184 g/mol. The van der Waals surface area contributed by atoms with Crippen molar-refractivity contribution in [1.29, 1.82) is 0 Å². The number of benzene rings is 1. The van der Waals surface area contributed by atoms with Gasteiger partial charge in [0.05, 0.1) is 4.92 Å². The van der Waals surface area contributed by atoms with Crippen LogP contribution in [0.2, 0.25) is 0 Å². The van der Waals surface area contributed by atoms with E-state index in [4.69, 9.17) is 5.11 Å². The fraction of sp³-hybridized carbons (Fsp3) is 0.333. The van der Waals surface area contributed by atoms with Crippen LogP contribution < -0.4 is 5.32 Å². The molecule has 0 radical (unpaired) electrons. The molecule has 0 aliphatic heterocycles. The fourth-order valence-electron chi connectivity index (χ4n) is 1.15. The van der Waals surface area contributed by atoms with E-state index in [9.17, 15) is 10.1 Å². The maximum absolute atomic E-state index is 10.4. The summed E-state index contributed by atoms with van der Waals surface area (Å²) in [6.45, 7) is 3.33. The largest absolute Gasteiger partial charge is 0.374 e. The van der Waals surface area contributed by atoms with Crippen LogP contribution in [-0.4, -0.2) is 16.3 Å². The van der Waals surface area contributed by atoms with Crippen molar-refractivity contribution in [2.75, 3.05) is 5.32 Å². The molecule has 0 amide bonds. The Balaban J connectivity index is 2.95. The molecule has 1 aromatic carbocycles. The fourth-order valence-corrected chi connectivity index (χ4v) is 1.15. The van der Waals surface area contributed by atoms with E-state index in [1.165, 1.54) is 12.1 Å². The summed E-state index contributed by atoms with van der Waals surface area (Å²) in [4.78, 5) is 9.98. The highest BCUT2D eigenvalue weighted by molar-refractivity contribution is 5.55. The molecule has 14 heavy (non-hydrogen) atoms. The highest BCUT2D eigenvalue weighted by Gasteiger charge is 2.08. The van der Waals surface area contributed by atoms with E-state index in [0.29, 0.717) is 5.69 Å². The number of nitrogens with zero attached hydrogens (tertiary/aromatic N) is 1. The molecule has 5 nitrogen and oxygen atoms in total. The van der Waals surface area contributed by atoms with Gasteiger partial charge >= 0.3 is 0 Å². The van der Waals surface area contributed by atoms with Crippen LogP contribution in [0.15, 0.2) is 18.2 Å². The molecule has 0 saturated carbocycles. The number of aliphatic hydroxyl groups is 1. The molecule has 0 fully saturated rings. The monoisotopic (exact) mass is 196 g/mol. The SMILES string of the molecule is Cc1cc([N+](=O)[O-])ccc1NC(C)O. The minimum absolute atomic E-state index is 0.0543. The molecule has 0 saturated heterocycles. The molecule has 0 bridgehead atoms. The van der Waals surface area contributed by atoms with E-state index < -0.39 is 11.2 Å². The zero-order valence-corrected chi connectivity index (χ0v) is 8.02. The molecule has 1 atom stereocenters. The summed E-state index contributed by atoms with van der Waals surface area (Å²) < 4.78 is 0. The van der Waals surface area contributed by atoms with Crippen LogP contribution in [-0.2, 0) is 0 Å². The Labute approximate surface area is 81.5 Å². The normalized spacial score (nSPS) is 12.2. The third kappa shape index (κ3) is 2.43. The number of aryl methyl sites for hydroxylation is 1. The van der Waals surface area contributed by atoms with Crippen LogP contribution in [0.1, 0.15) is 12.5 Å². The number of rotatable bonds is 3. The Hall–Kier alpha value is -1.62. The van der Waals surface area contributed by atoms with Crippen LogP contribution >= 0.6 is 0 Å². The number of nitrogens with one attached hydrogen (secondary N) is 1. The first-order valence-corrected chi connectivity index (χ1v) is 4.20. The minimum atomic E-state index is -0.671. The summed E-state index contributed by atoms with van der Waals surface area (Å²) in [6.07, 6.45) is -0.671. The molecule has 2 N–H and O–H groups in total. The van der Waals surface area contributed by atoms with Gasteiger partial charge in [0, 0.05) is 17.8 Å². The van der Waals surface area contributed by atoms with E-state index in [0.717, 1.165) is 5.56 Å². The topological polar surface area (TPSA) is 75.4 Å². The third-order valence-electron chi connectivity index (χ3n) is 1.79. The van der Waals surface area contributed by atoms with Crippen molar-refractivity contribution in [2.45, 2.75) is 20.1 Å². The quantitative estimate of drug-likeness (QED) is 0.438. The zero-order valence-electron chi connectivity index (χ0n) is 8.02. The summed E-state index contributed by atoms with van der Waals surface area (Å²) in [6, 6.07) is 4.45. The molecule has 0 aromatic heterocycles. The van der Waals surface area contributed by atoms with E-state index >= 15 is 0 Å². The second kappa shape index (κ2) is 4.06. The van der Waals surface area contributed by atoms with Gasteiger partial charge in [0.1, 0.15) is 6.23 Å². The van der Waals surface area contributed by atoms with Crippen molar-refractivity contribution in [2.24, 2.45) is 0 Å². The molecule has 1 unspecified atom stereocenters. The lowest BCUT2D eigenvalue weighted by Gasteiger charge is -2.11. The van der Waals surface area contributed by atoms with E-state index in [-0.39, 0.29) is 5.69 Å². The van der Waals surface area contributed by atoms with E-state index in [2.05, 4.69) is 5.32 Å². The average Bonchev–Trinajstić information content (AvgIpc) is 2.07. The lowest BCUT2D eigenvalue weighted by atomic mass is 10.2. The second-order valence-electron chi connectivity index (χ2n) is 3.08. The van der Waals surface area contributed by atoms with E-state index in [1.807, 2.05) is 0 Å². The van der Waals surface area contributed by atoms with Gasteiger partial charge in [-0.05, 0) is 25.5 Å². The molecular formula is C9H12N2O3. The maximum atomic E-state index is 10.4. The average molecular weight is 196 g/mol. The zero-order chi connectivity index (χ0) is 10.7. The Kier molecular flexibility index (Phi) is 3.03. The van der Waals surface area contributed by atoms with Gasteiger partial charge in [-0.3, -0.25) is 10.1 Å².